The Bertz CT molecular complexity index is 513. The highest BCUT2D eigenvalue weighted by molar-refractivity contribution is 7.89. The zero-order valence-electron chi connectivity index (χ0n) is 11.5. The maximum atomic E-state index is 12.3. The summed E-state index contributed by atoms with van der Waals surface area (Å²) in [6.07, 6.45) is 0.645. The average Bonchev–Trinajstić information content (AvgIpc) is 2.38. The second-order valence-electron chi connectivity index (χ2n) is 4.38. The highest BCUT2D eigenvalue weighted by atomic mass is 32.2. The van der Waals surface area contributed by atoms with Crippen LogP contribution in [0.25, 0.3) is 0 Å². The van der Waals surface area contributed by atoms with Crippen molar-refractivity contribution in [3.05, 3.63) is 29.3 Å². The van der Waals surface area contributed by atoms with Crippen LogP contribution in [0.3, 0.4) is 0 Å². The van der Waals surface area contributed by atoms with Crippen LogP contribution < -0.4 is 4.72 Å². The van der Waals surface area contributed by atoms with Crippen molar-refractivity contribution in [2.45, 2.75) is 37.8 Å². The zero-order chi connectivity index (χ0) is 14.5. The number of benzene rings is 1. The molecule has 0 fully saturated rings. The van der Waals surface area contributed by atoms with E-state index in [1.54, 1.807) is 19.1 Å². The Balaban J connectivity index is 3.06. The first-order chi connectivity index (χ1) is 8.96. The van der Waals surface area contributed by atoms with Crippen molar-refractivity contribution in [2.75, 3.05) is 13.7 Å². The van der Waals surface area contributed by atoms with Crippen molar-refractivity contribution >= 4 is 10.0 Å². The van der Waals surface area contributed by atoms with Gasteiger partial charge in [-0.15, -0.1) is 0 Å². The van der Waals surface area contributed by atoms with Gasteiger partial charge in [0.2, 0.25) is 10.0 Å². The van der Waals surface area contributed by atoms with Crippen LogP contribution in [0.4, 0.5) is 0 Å². The maximum Gasteiger partial charge on any atom is 0.241 e. The van der Waals surface area contributed by atoms with Crippen LogP contribution in [0.2, 0.25) is 0 Å². The molecular formula is C13H21NO4S. The highest BCUT2D eigenvalue weighted by Gasteiger charge is 2.21. The van der Waals surface area contributed by atoms with E-state index < -0.39 is 10.0 Å². The molecule has 0 aliphatic heterocycles. The number of hydrogen-bond acceptors (Lipinski definition) is 4. The van der Waals surface area contributed by atoms with Gasteiger partial charge in [0.05, 0.1) is 18.1 Å². The average molecular weight is 287 g/mol. The van der Waals surface area contributed by atoms with Gasteiger partial charge in [0, 0.05) is 13.2 Å². The van der Waals surface area contributed by atoms with E-state index in [1.807, 2.05) is 6.92 Å². The van der Waals surface area contributed by atoms with Crippen molar-refractivity contribution in [3.63, 3.8) is 0 Å². The first-order valence-corrected chi connectivity index (χ1v) is 7.65. The van der Waals surface area contributed by atoms with Crippen LogP contribution in [-0.4, -0.2) is 33.3 Å². The number of nitrogens with one attached hydrogen (secondary N) is 1. The van der Waals surface area contributed by atoms with Crippen LogP contribution in [0.5, 0.6) is 0 Å². The molecule has 6 heteroatoms. The van der Waals surface area contributed by atoms with E-state index >= 15 is 0 Å². The van der Waals surface area contributed by atoms with E-state index in [1.165, 1.54) is 13.2 Å². The predicted molar refractivity (Wildman–Crippen MR) is 73.4 cm³/mol. The van der Waals surface area contributed by atoms with Crippen molar-refractivity contribution in [1.29, 1.82) is 0 Å². The lowest BCUT2D eigenvalue weighted by molar-refractivity contribution is 0.173. The maximum absolute atomic E-state index is 12.3. The van der Waals surface area contributed by atoms with Gasteiger partial charge in [0.15, 0.2) is 0 Å². The minimum Gasteiger partial charge on any atom is -0.392 e. The third-order valence-corrected chi connectivity index (χ3v) is 4.70. The zero-order valence-corrected chi connectivity index (χ0v) is 12.3. The van der Waals surface area contributed by atoms with Crippen LogP contribution in [-0.2, 0) is 21.4 Å². The SMILES string of the molecule is CCC(COC)NS(=O)(=O)c1cccc(CO)c1C. The lowest BCUT2D eigenvalue weighted by atomic mass is 10.1. The molecular weight excluding hydrogens is 266 g/mol. The molecule has 0 aromatic heterocycles. The normalized spacial score (nSPS) is 13.5. The monoisotopic (exact) mass is 287 g/mol. The summed E-state index contributed by atoms with van der Waals surface area (Å²) >= 11 is 0. The molecule has 0 amide bonds. The fourth-order valence-corrected chi connectivity index (χ4v) is 3.43. The quantitative estimate of drug-likeness (QED) is 0.790. The Morgan fingerprint density at radius 2 is 2.11 bits per heavy atom. The second kappa shape index (κ2) is 7.00. The molecule has 0 radical (unpaired) electrons. The molecule has 19 heavy (non-hydrogen) atoms. The predicted octanol–water partition coefficient (Wildman–Crippen LogP) is 1.19. The van der Waals surface area contributed by atoms with Gasteiger partial charge in [0.25, 0.3) is 0 Å². The summed E-state index contributed by atoms with van der Waals surface area (Å²) in [7, 11) is -2.06. The third kappa shape index (κ3) is 4.01. The summed E-state index contributed by atoms with van der Waals surface area (Å²) in [6, 6.07) is 4.62. The van der Waals surface area contributed by atoms with Crippen LogP contribution >= 0.6 is 0 Å². The Hall–Kier alpha value is -0.950. The Morgan fingerprint density at radius 1 is 1.42 bits per heavy atom. The molecule has 1 aromatic rings. The van der Waals surface area contributed by atoms with Crippen molar-refractivity contribution < 1.29 is 18.3 Å². The van der Waals surface area contributed by atoms with Crippen molar-refractivity contribution in [2.24, 2.45) is 0 Å². The molecule has 108 valence electrons. The lowest BCUT2D eigenvalue weighted by Crippen LogP contribution is -2.37. The summed E-state index contributed by atoms with van der Waals surface area (Å²) in [4.78, 5) is 0.202. The standard InChI is InChI=1S/C13H21NO4S/c1-4-12(9-18-3)14-19(16,17)13-7-5-6-11(8-15)10(13)2/h5-7,12,14-15H,4,8-9H2,1-3H3. The van der Waals surface area contributed by atoms with E-state index in [9.17, 15) is 13.5 Å². The van der Waals surface area contributed by atoms with Gasteiger partial charge < -0.3 is 9.84 Å². The number of sulfonamides is 1. The Kier molecular flexibility index (Phi) is 5.93. The first-order valence-electron chi connectivity index (χ1n) is 6.16. The minimum atomic E-state index is -3.60. The van der Waals surface area contributed by atoms with Gasteiger partial charge >= 0.3 is 0 Å². The molecule has 1 rings (SSSR count). The molecule has 0 bridgehead atoms. The summed E-state index contributed by atoms with van der Waals surface area (Å²) in [6.45, 7) is 3.74. The molecule has 0 heterocycles. The minimum absolute atomic E-state index is 0.176. The number of ether oxygens (including phenoxy) is 1. The molecule has 0 spiro atoms. The van der Waals surface area contributed by atoms with E-state index in [0.717, 1.165) is 0 Å². The number of aliphatic hydroxyl groups excluding tert-OH is 1. The van der Waals surface area contributed by atoms with Crippen molar-refractivity contribution in [3.8, 4) is 0 Å². The number of methoxy groups -OCH3 is 1. The smallest absolute Gasteiger partial charge is 0.241 e. The van der Waals surface area contributed by atoms with Crippen LogP contribution in [0, 0.1) is 6.92 Å². The third-order valence-electron chi connectivity index (χ3n) is 3.04. The van der Waals surface area contributed by atoms with Gasteiger partial charge in [-0.3, -0.25) is 0 Å². The lowest BCUT2D eigenvalue weighted by Gasteiger charge is -2.17. The van der Waals surface area contributed by atoms with Gasteiger partial charge in [-0.25, -0.2) is 13.1 Å². The largest absolute Gasteiger partial charge is 0.392 e. The van der Waals surface area contributed by atoms with Crippen LogP contribution in [0.15, 0.2) is 23.1 Å². The highest BCUT2D eigenvalue weighted by Crippen LogP contribution is 2.19. The van der Waals surface area contributed by atoms with Gasteiger partial charge in [-0.05, 0) is 30.5 Å². The number of aliphatic hydroxyl groups is 1. The number of hydrogen-bond donors (Lipinski definition) is 2. The Morgan fingerprint density at radius 3 is 2.63 bits per heavy atom. The fourth-order valence-electron chi connectivity index (χ4n) is 1.84. The molecule has 0 saturated heterocycles. The van der Waals surface area contributed by atoms with Gasteiger partial charge in [0.1, 0.15) is 0 Å². The second-order valence-corrected chi connectivity index (χ2v) is 6.06. The summed E-state index contributed by atoms with van der Waals surface area (Å²) in [5, 5.41) is 9.19. The topological polar surface area (TPSA) is 75.6 Å². The van der Waals surface area contributed by atoms with Crippen LogP contribution in [0.1, 0.15) is 24.5 Å². The molecule has 5 nitrogen and oxygen atoms in total. The van der Waals surface area contributed by atoms with E-state index in [4.69, 9.17) is 4.74 Å². The summed E-state index contributed by atoms with van der Waals surface area (Å²) < 4.78 is 32.2. The molecule has 1 aromatic carbocycles. The first kappa shape index (κ1) is 16.1. The molecule has 0 saturated carbocycles. The summed E-state index contributed by atoms with van der Waals surface area (Å²) in [5.41, 5.74) is 1.19. The van der Waals surface area contributed by atoms with Gasteiger partial charge in [-0.1, -0.05) is 19.1 Å². The molecule has 1 atom stereocenters. The Labute approximate surface area is 114 Å². The molecule has 0 aliphatic carbocycles. The molecule has 1 unspecified atom stereocenters. The van der Waals surface area contributed by atoms with E-state index in [-0.39, 0.29) is 17.5 Å². The molecule has 2 N–H and O–H groups in total. The fraction of sp³-hybridized carbons (Fsp3) is 0.538. The van der Waals surface area contributed by atoms with E-state index in [2.05, 4.69) is 4.72 Å². The van der Waals surface area contributed by atoms with Gasteiger partial charge in [-0.2, -0.15) is 0 Å². The molecule has 0 aliphatic rings. The summed E-state index contributed by atoms with van der Waals surface area (Å²) in [5.74, 6) is 0. The number of rotatable bonds is 7. The van der Waals surface area contributed by atoms with Crippen molar-refractivity contribution in [1.82, 2.24) is 4.72 Å². The van der Waals surface area contributed by atoms with E-state index in [0.29, 0.717) is 24.2 Å².